The van der Waals surface area contributed by atoms with E-state index in [1.807, 2.05) is 54.6 Å². The molecule has 39 heavy (non-hydrogen) atoms. The highest BCUT2D eigenvalue weighted by Gasteiger charge is 2.34. The Bertz CT molecular complexity index is 1350. The van der Waals surface area contributed by atoms with E-state index < -0.39 is 28.5 Å². The van der Waals surface area contributed by atoms with Crippen molar-refractivity contribution in [2.75, 3.05) is 17.1 Å². The van der Waals surface area contributed by atoms with Gasteiger partial charge in [-0.25, -0.2) is 8.42 Å². The van der Waals surface area contributed by atoms with E-state index in [9.17, 15) is 18.0 Å². The third-order valence-corrected chi connectivity index (χ3v) is 8.63. The molecule has 0 radical (unpaired) electrons. The Morgan fingerprint density at radius 1 is 0.897 bits per heavy atom. The molecule has 1 aliphatic rings. The van der Waals surface area contributed by atoms with Crippen LogP contribution in [0, 0.1) is 0 Å². The second-order valence-corrected chi connectivity index (χ2v) is 12.8. The molecular weight excluding hydrogens is 578 g/mol. The Balaban J connectivity index is 1.70. The van der Waals surface area contributed by atoms with Crippen molar-refractivity contribution in [3.05, 3.63) is 101 Å². The van der Waals surface area contributed by atoms with E-state index >= 15 is 0 Å². The van der Waals surface area contributed by atoms with E-state index in [1.54, 1.807) is 30.3 Å². The molecule has 0 spiro atoms. The number of nitrogens with one attached hydrogen (secondary N) is 1. The van der Waals surface area contributed by atoms with E-state index in [-0.39, 0.29) is 18.5 Å². The number of para-hydroxylation sites is 1. The molecule has 0 unspecified atom stereocenters. The van der Waals surface area contributed by atoms with Crippen LogP contribution in [0.15, 0.2) is 89.4 Å². The molecule has 0 saturated heterocycles. The summed E-state index contributed by atoms with van der Waals surface area (Å²) in [5.41, 5.74) is 2.15. The number of rotatable bonds is 11. The summed E-state index contributed by atoms with van der Waals surface area (Å²) in [6, 6.07) is 25.0. The molecule has 1 aliphatic carbocycles. The zero-order chi connectivity index (χ0) is 27.8. The molecule has 7 nitrogen and oxygen atoms in total. The quantitative estimate of drug-likeness (QED) is 0.334. The highest BCUT2D eigenvalue weighted by atomic mass is 79.9. The van der Waals surface area contributed by atoms with Gasteiger partial charge in [0.1, 0.15) is 12.6 Å². The van der Waals surface area contributed by atoms with Crippen LogP contribution in [0.1, 0.15) is 36.8 Å². The number of sulfonamides is 1. The standard InChI is InChI=1S/C30H34BrN3O4S/c1-39(37,38)34(27-14-6-3-7-15-27)22-29(35)33(21-24-16-18-25(31)19-17-24)28(20-23-10-4-2-5-11-23)30(36)32-26-12-8-9-13-26/h2-7,10-11,14-19,26,28H,8-9,12-13,20-22H2,1H3,(H,32,36)/t28-/m0/s1. The highest BCUT2D eigenvalue weighted by molar-refractivity contribution is 9.10. The molecule has 9 heteroatoms. The summed E-state index contributed by atoms with van der Waals surface area (Å²) in [4.78, 5) is 29.4. The lowest BCUT2D eigenvalue weighted by Gasteiger charge is -2.34. The van der Waals surface area contributed by atoms with Gasteiger partial charge in [0.05, 0.1) is 11.9 Å². The van der Waals surface area contributed by atoms with Gasteiger partial charge in [-0.2, -0.15) is 0 Å². The lowest BCUT2D eigenvalue weighted by atomic mass is 10.0. The first-order valence-electron chi connectivity index (χ1n) is 13.1. The van der Waals surface area contributed by atoms with Crippen LogP contribution in [-0.2, 0) is 32.6 Å². The van der Waals surface area contributed by atoms with Gasteiger partial charge in [-0.3, -0.25) is 13.9 Å². The largest absolute Gasteiger partial charge is 0.352 e. The van der Waals surface area contributed by atoms with E-state index in [2.05, 4.69) is 21.2 Å². The molecule has 1 N–H and O–H groups in total. The second-order valence-electron chi connectivity index (χ2n) is 9.95. The van der Waals surface area contributed by atoms with E-state index in [4.69, 9.17) is 0 Å². The average Bonchev–Trinajstić information content (AvgIpc) is 3.43. The van der Waals surface area contributed by atoms with Gasteiger partial charge in [-0.15, -0.1) is 0 Å². The number of hydrogen-bond donors (Lipinski definition) is 1. The SMILES string of the molecule is CS(=O)(=O)N(CC(=O)N(Cc1ccc(Br)cc1)[C@@H](Cc1ccccc1)C(=O)NC1CCCC1)c1ccccc1. The summed E-state index contributed by atoms with van der Waals surface area (Å²) < 4.78 is 27.6. The number of carbonyl (C=O) groups is 2. The minimum Gasteiger partial charge on any atom is -0.352 e. The number of carbonyl (C=O) groups excluding carboxylic acids is 2. The maximum atomic E-state index is 14.0. The molecule has 0 aromatic heterocycles. The van der Waals surface area contributed by atoms with Gasteiger partial charge < -0.3 is 10.2 Å². The van der Waals surface area contributed by atoms with Crippen LogP contribution in [-0.4, -0.2) is 50.0 Å². The monoisotopic (exact) mass is 611 g/mol. The smallest absolute Gasteiger partial charge is 0.244 e. The summed E-state index contributed by atoms with van der Waals surface area (Å²) in [7, 11) is -3.77. The first kappa shape index (κ1) is 28.8. The Labute approximate surface area is 239 Å². The normalized spacial score (nSPS) is 14.5. The number of amides is 2. The minimum absolute atomic E-state index is 0.0808. The van der Waals surface area contributed by atoms with E-state index in [0.29, 0.717) is 12.1 Å². The maximum absolute atomic E-state index is 14.0. The van der Waals surface area contributed by atoms with Gasteiger partial charge in [0.15, 0.2) is 0 Å². The number of halogens is 1. The third-order valence-electron chi connectivity index (χ3n) is 6.96. The van der Waals surface area contributed by atoms with Crippen LogP contribution < -0.4 is 9.62 Å². The lowest BCUT2D eigenvalue weighted by Crippen LogP contribution is -2.54. The Morgan fingerprint density at radius 3 is 2.08 bits per heavy atom. The molecule has 0 aliphatic heterocycles. The minimum atomic E-state index is -3.77. The molecule has 206 valence electrons. The number of anilines is 1. The van der Waals surface area contributed by atoms with Crippen molar-refractivity contribution in [3.63, 3.8) is 0 Å². The molecule has 3 aromatic carbocycles. The van der Waals surface area contributed by atoms with Gasteiger partial charge in [-0.1, -0.05) is 89.4 Å². The Kier molecular flexibility index (Phi) is 9.80. The van der Waals surface area contributed by atoms with Gasteiger partial charge >= 0.3 is 0 Å². The van der Waals surface area contributed by atoms with Crippen molar-refractivity contribution in [2.24, 2.45) is 0 Å². The third kappa shape index (κ3) is 8.16. The van der Waals surface area contributed by atoms with Crippen LogP contribution in [0.4, 0.5) is 5.69 Å². The summed E-state index contributed by atoms with van der Waals surface area (Å²) in [5, 5.41) is 3.17. The van der Waals surface area contributed by atoms with Crippen LogP contribution >= 0.6 is 15.9 Å². The van der Waals surface area contributed by atoms with Crippen LogP contribution in [0.3, 0.4) is 0 Å². The summed E-state index contributed by atoms with van der Waals surface area (Å²) in [6.45, 7) is -0.254. The second kappa shape index (κ2) is 13.3. The van der Waals surface area contributed by atoms with Crippen molar-refractivity contribution in [2.45, 2.75) is 50.7 Å². The van der Waals surface area contributed by atoms with Crippen molar-refractivity contribution in [3.8, 4) is 0 Å². The number of nitrogens with zero attached hydrogens (tertiary/aromatic N) is 2. The molecule has 3 aromatic rings. The summed E-state index contributed by atoms with van der Waals surface area (Å²) in [5.74, 6) is -0.670. The molecule has 1 saturated carbocycles. The number of benzene rings is 3. The molecule has 1 fully saturated rings. The van der Waals surface area contributed by atoms with Crippen molar-refractivity contribution in [1.82, 2.24) is 10.2 Å². The van der Waals surface area contributed by atoms with Crippen molar-refractivity contribution in [1.29, 1.82) is 0 Å². The average molecular weight is 613 g/mol. The van der Waals surface area contributed by atoms with Gasteiger partial charge in [0, 0.05) is 23.5 Å². The summed E-state index contributed by atoms with van der Waals surface area (Å²) in [6.07, 6.45) is 5.36. The topological polar surface area (TPSA) is 86.8 Å². The molecule has 1 atom stereocenters. The fourth-order valence-electron chi connectivity index (χ4n) is 4.92. The molecule has 4 rings (SSSR count). The predicted molar refractivity (Wildman–Crippen MR) is 158 cm³/mol. The first-order valence-corrected chi connectivity index (χ1v) is 15.8. The van der Waals surface area contributed by atoms with Crippen LogP contribution in [0.5, 0.6) is 0 Å². The number of hydrogen-bond acceptors (Lipinski definition) is 4. The fourth-order valence-corrected chi connectivity index (χ4v) is 6.03. The fraction of sp³-hybridized carbons (Fsp3) is 0.333. The molecule has 0 heterocycles. The predicted octanol–water partition coefficient (Wildman–Crippen LogP) is 4.91. The van der Waals surface area contributed by atoms with Gasteiger partial charge in [0.2, 0.25) is 21.8 Å². The van der Waals surface area contributed by atoms with E-state index in [1.165, 1.54) is 4.90 Å². The lowest BCUT2D eigenvalue weighted by molar-refractivity contribution is -0.140. The zero-order valence-corrected chi connectivity index (χ0v) is 24.4. The highest BCUT2D eigenvalue weighted by Crippen LogP contribution is 2.22. The zero-order valence-electron chi connectivity index (χ0n) is 22.0. The van der Waals surface area contributed by atoms with Crippen LogP contribution in [0.25, 0.3) is 0 Å². The summed E-state index contributed by atoms with van der Waals surface area (Å²) >= 11 is 3.45. The van der Waals surface area contributed by atoms with Gasteiger partial charge in [0.25, 0.3) is 0 Å². The molecule has 0 bridgehead atoms. The Hall–Kier alpha value is -3.17. The maximum Gasteiger partial charge on any atom is 0.244 e. The van der Waals surface area contributed by atoms with E-state index in [0.717, 1.165) is 51.8 Å². The molecular formula is C30H34BrN3O4S. The van der Waals surface area contributed by atoms with Gasteiger partial charge in [-0.05, 0) is 48.2 Å². The van der Waals surface area contributed by atoms with Crippen molar-refractivity contribution < 1.29 is 18.0 Å². The first-order chi connectivity index (χ1) is 18.7. The van der Waals surface area contributed by atoms with Crippen LogP contribution in [0.2, 0.25) is 0 Å². The van der Waals surface area contributed by atoms with Crippen molar-refractivity contribution >= 4 is 43.5 Å². The Morgan fingerprint density at radius 2 is 1.49 bits per heavy atom. The molecule has 2 amide bonds.